The molecule has 1 atom stereocenters. The first-order valence-electron chi connectivity index (χ1n) is 6.48. The van der Waals surface area contributed by atoms with Crippen molar-refractivity contribution in [1.29, 1.82) is 0 Å². The molecule has 1 heterocycles. The molecule has 1 unspecified atom stereocenters. The van der Waals surface area contributed by atoms with Gasteiger partial charge in [-0.3, -0.25) is 0 Å². The van der Waals surface area contributed by atoms with Crippen LogP contribution in [-0.4, -0.2) is 22.6 Å². The molecule has 0 aromatic carbocycles. The Balaban J connectivity index is 2.25. The van der Waals surface area contributed by atoms with Crippen LogP contribution in [0.4, 0.5) is 0 Å². The average Bonchev–Trinajstić information content (AvgIpc) is 2.71. The highest BCUT2D eigenvalue weighted by Gasteiger charge is 2.07. The van der Waals surface area contributed by atoms with E-state index in [1.54, 1.807) is 0 Å². The lowest BCUT2D eigenvalue weighted by Gasteiger charge is -2.12. The summed E-state index contributed by atoms with van der Waals surface area (Å²) in [6.45, 7) is 9.96. The summed E-state index contributed by atoms with van der Waals surface area (Å²) in [7, 11) is 0. The summed E-state index contributed by atoms with van der Waals surface area (Å²) in [6.07, 6.45) is 7.51. The molecule has 16 heavy (non-hydrogen) atoms. The number of imidazole rings is 1. The van der Waals surface area contributed by atoms with E-state index in [-0.39, 0.29) is 0 Å². The minimum atomic E-state index is 0.706. The van der Waals surface area contributed by atoms with Crippen LogP contribution in [0.25, 0.3) is 0 Å². The molecule has 1 rings (SSSR count). The molecule has 0 bridgehead atoms. The van der Waals surface area contributed by atoms with E-state index in [0.717, 1.165) is 26.1 Å². The lowest BCUT2D eigenvalue weighted by atomic mass is 10.0. The van der Waals surface area contributed by atoms with E-state index in [1.807, 2.05) is 6.20 Å². The Morgan fingerprint density at radius 3 is 2.88 bits per heavy atom. The predicted octanol–water partition coefficient (Wildman–Crippen LogP) is 2.47. The van der Waals surface area contributed by atoms with Gasteiger partial charge in [-0.15, -0.1) is 0 Å². The minimum absolute atomic E-state index is 0.706. The number of aromatic nitrogens is 2. The predicted molar refractivity (Wildman–Crippen MR) is 68.5 cm³/mol. The summed E-state index contributed by atoms with van der Waals surface area (Å²) in [4.78, 5) is 4.41. The van der Waals surface area contributed by atoms with Gasteiger partial charge in [0.25, 0.3) is 0 Å². The first-order valence-corrected chi connectivity index (χ1v) is 6.48. The molecule has 0 aliphatic carbocycles. The molecular weight excluding hydrogens is 198 g/mol. The van der Waals surface area contributed by atoms with Gasteiger partial charge in [0, 0.05) is 25.4 Å². The van der Waals surface area contributed by atoms with E-state index in [4.69, 9.17) is 0 Å². The molecule has 0 radical (unpaired) electrons. The average molecular weight is 223 g/mol. The number of hydrogen-bond donors (Lipinski definition) is 1. The van der Waals surface area contributed by atoms with E-state index in [9.17, 15) is 0 Å². The second kappa shape index (κ2) is 7.44. The van der Waals surface area contributed by atoms with Crippen molar-refractivity contribution < 1.29 is 0 Å². The number of nitrogens with one attached hydrogen (secondary N) is 1. The molecular formula is C13H25N3. The zero-order valence-corrected chi connectivity index (χ0v) is 10.9. The third kappa shape index (κ3) is 4.35. The molecule has 1 aromatic heterocycles. The third-order valence-corrected chi connectivity index (χ3v) is 2.91. The summed E-state index contributed by atoms with van der Waals surface area (Å²) in [6, 6.07) is 0. The molecule has 1 N–H and O–H groups in total. The fourth-order valence-corrected chi connectivity index (χ4v) is 1.88. The Morgan fingerprint density at radius 2 is 2.19 bits per heavy atom. The van der Waals surface area contributed by atoms with Crippen LogP contribution in [0.3, 0.4) is 0 Å². The van der Waals surface area contributed by atoms with Crippen molar-refractivity contribution >= 4 is 0 Å². The van der Waals surface area contributed by atoms with Gasteiger partial charge in [-0.2, -0.15) is 0 Å². The fourth-order valence-electron chi connectivity index (χ4n) is 1.88. The van der Waals surface area contributed by atoms with E-state index in [0.29, 0.717) is 5.92 Å². The van der Waals surface area contributed by atoms with Gasteiger partial charge in [0.15, 0.2) is 0 Å². The molecule has 0 saturated carbocycles. The molecule has 0 aliphatic heterocycles. The summed E-state index contributed by atoms with van der Waals surface area (Å²) < 4.78 is 2.23. The lowest BCUT2D eigenvalue weighted by Crippen LogP contribution is -2.19. The monoisotopic (exact) mass is 223 g/mol. The van der Waals surface area contributed by atoms with Gasteiger partial charge < -0.3 is 9.88 Å². The van der Waals surface area contributed by atoms with Gasteiger partial charge in [-0.25, -0.2) is 4.98 Å². The van der Waals surface area contributed by atoms with Crippen molar-refractivity contribution in [3.8, 4) is 0 Å². The van der Waals surface area contributed by atoms with Crippen molar-refractivity contribution in [3.05, 3.63) is 18.2 Å². The summed E-state index contributed by atoms with van der Waals surface area (Å²) >= 11 is 0. The van der Waals surface area contributed by atoms with Crippen molar-refractivity contribution in [2.24, 2.45) is 5.92 Å². The second-order valence-corrected chi connectivity index (χ2v) is 4.48. The SMILES string of the molecule is CCCNCCC(C)Cc1nccn1CC. The Bertz CT molecular complexity index is 280. The molecule has 3 heteroatoms. The maximum atomic E-state index is 4.41. The molecule has 0 saturated heterocycles. The number of rotatable bonds is 8. The summed E-state index contributed by atoms with van der Waals surface area (Å²) in [5.74, 6) is 1.93. The van der Waals surface area contributed by atoms with Crippen molar-refractivity contribution in [3.63, 3.8) is 0 Å². The molecule has 3 nitrogen and oxygen atoms in total. The van der Waals surface area contributed by atoms with Gasteiger partial charge in [0.05, 0.1) is 0 Å². The van der Waals surface area contributed by atoms with Crippen LogP contribution in [0.1, 0.15) is 39.4 Å². The maximum absolute atomic E-state index is 4.41. The zero-order valence-electron chi connectivity index (χ0n) is 10.9. The van der Waals surface area contributed by atoms with Crippen LogP contribution in [0.2, 0.25) is 0 Å². The van der Waals surface area contributed by atoms with Gasteiger partial charge in [0.1, 0.15) is 5.82 Å². The number of hydrogen-bond acceptors (Lipinski definition) is 2. The highest BCUT2D eigenvalue weighted by atomic mass is 15.0. The van der Waals surface area contributed by atoms with Gasteiger partial charge in [-0.05, 0) is 38.8 Å². The highest BCUT2D eigenvalue weighted by Crippen LogP contribution is 2.09. The van der Waals surface area contributed by atoms with Gasteiger partial charge >= 0.3 is 0 Å². The standard InChI is InChI=1S/C13H25N3/c1-4-7-14-8-6-12(3)11-13-15-9-10-16(13)5-2/h9-10,12,14H,4-8,11H2,1-3H3. The first-order chi connectivity index (χ1) is 7.77. The second-order valence-electron chi connectivity index (χ2n) is 4.48. The largest absolute Gasteiger partial charge is 0.335 e. The van der Waals surface area contributed by atoms with Gasteiger partial charge in [-0.1, -0.05) is 13.8 Å². The van der Waals surface area contributed by atoms with Crippen LogP contribution in [0.5, 0.6) is 0 Å². The maximum Gasteiger partial charge on any atom is 0.108 e. The Labute approximate surface area is 99.3 Å². The van der Waals surface area contributed by atoms with E-state index in [2.05, 4.69) is 41.8 Å². The van der Waals surface area contributed by atoms with Crippen LogP contribution in [-0.2, 0) is 13.0 Å². The topological polar surface area (TPSA) is 29.9 Å². The van der Waals surface area contributed by atoms with Crippen LogP contribution >= 0.6 is 0 Å². The van der Waals surface area contributed by atoms with E-state index >= 15 is 0 Å². The van der Waals surface area contributed by atoms with Crippen molar-refractivity contribution in [2.75, 3.05) is 13.1 Å². The van der Waals surface area contributed by atoms with E-state index < -0.39 is 0 Å². The molecule has 0 spiro atoms. The summed E-state index contributed by atoms with van der Waals surface area (Å²) in [5, 5.41) is 3.45. The normalized spacial score (nSPS) is 12.9. The Kier molecular flexibility index (Phi) is 6.16. The molecule has 0 fully saturated rings. The zero-order chi connectivity index (χ0) is 11.8. The summed E-state index contributed by atoms with van der Waals surface area (Å²) in [5.41, 5.74) is 0. The fraction of sp³-hybridized carbons (Fsp3) is 0.769. The third-order valence-electron chi connectivity index (χ3n) is 2.91. The smallest absolute Gasteiger partial charge is 0.108 e. The minimum Gasteiger partial charge on any atom is -0.335 e. The quantitative estimate of drug-likeness (QED) is 0.686. The van der Waals surface area contributed by atoms with Crippen molar-refractivity contribution in [1.82, 2.24) is 14.9 Å². The van der Waals surface area contributed by atoms with E-state index in [1.165, 1.54) is 18.7 Å². The van der Waals surface area contributed by atoms with Crippen molar-refractivity contribution in [2.45, 2.75) is 46.6 Å². The molecule has 0 aliphatic rings. The van der Waals surface area contributed by atoms with Crippen LogP contribution in [0.15, 0.2) is 12.4 Å². The van der Waals surface area contributed by atoms with Crippen LogP contribution in [0, 0.1) is 5.92 Å². The van der Waals surface area contributed by atoms with Crippen LogP contribution < -0.4 is 5.32 Å². The number of nitrogens with zero attached hydrogens (tertiary/aromatic N) is 2. The molecule has 0 amide bonds. The lowest BCUT2D eigenvalue weighted by molar-refractivity contribution is 0.479. The highest BCUT2D eigenvalue weighted by molar-refractivity contribution is 4.93. The Morgan fingerprint density at radius 1 is 1.38 bits per heavy atom. The first kappa shape index (κ1) is 13.2. The molecule has 92 valence electrons. The Hall–Kier alpha value is -0.830. The molecule has 1 aromatic rings. The number of aryl methyl sites for hydroxylation is 1. The van der Waals surface area contributed by atoms with Gasteiger partial charge in [0.2, 0.25) is 0 Å².